The normalized spacial score (nSPS) is 14.2. The number of thioether (sulfide) groups is 1. The van der Waals surface area contributed by atoms with E-state index in [2.05, 4.69) is 5.32 Å². The summed E-state index contributed by atoms with van der Waals surface area (Å²) in [7, 11) is 0. The molecular weight excluding hydrogens is 272 g/mol. The molecule has 0 saturated carbocycles. The summed E-state index contributed by atoms with van der Waals surface area (Å²) in [6.45, 7) is 1.90. The zero-order valence-electron chi connectivity index (χ0n) is 11.8. The molecule has 1 heterocycles. The van der Waals surface area contributed by atoms with Crippen LogP contribution in [-0.4, -0.2) is 24.0 Å². The van der Waals surface area contributed by atoms with Gasteiger partial charge in [-0.3, -0.25) is 4.79 Å². The number of nitrogens with two attached hydrogens (primary N) is 1. The number of rotatable bonds is 6. The van der Waals surface area contributed by atoms with Gasteiger partial charge >= 0.3 is 0 Å². The summed E-state index contributed by atoms with van der Waals surface area (Å²) in [5.41, 5.74) is 6.68. The number of fused-ring (bicyclic) bond motifs is 1. The van der Waals surface area contributed by atoms with Crippen LogP contribution < -0.4 is 11.1 Å². The molecule has 5 heteroatoms. The van der Waals surface area contributed by atoms with E-state index >= 15 is 0 Å². The van der Waals surface area contributed by atoms with Crippen molar-refractivity contribution in [3.63, 3.8) is 0 Å². The van der Waals surface area contributed by atoms with Crippen LogP contribution >= 0.6 is 11.8 Å². The first-order valence-corrected chi connectivity index (χ1v) is 8.04. The van der Waals surface area contributed by atoms with Crippen LogP contribution in [0.3, 0.4) is 0 Å². The molecule has 0 radical (unpaired) electrons. The smallest absolute Gasteiger partial charge is 0.237 e. The van der Waals surface area contributed by atoms with Crippen molar-refractivity contribution in [3.05, 3.63) is 36.1 Å². The first-order chi connectivity index (χ1) is 9.61. The van der Waals surface area contributed by atoms with E-state index in [1.165, 1.54) is 0 Å². The largest absolute Gasteiger partial charge is 0.459 e. The van der Waals surface area contributed by atoms with Crippen molar-refractivity contribution in [2.45, 2.75) is 25.4 Å². The molecule has 1 aromatic carbocycles. The van der Waals surface area contributed by atoms with Crippen molar-refractivity contribution in [2.24, 2.45) is 5.73 Å². The van der Waals surface area contributed by atoms with Crippen LogP contribution in [0.4, 0.5) is 0 Å². The number of benzene rings is 1. The van der Waals surface area contributed by atoms with E-state index in [1.807, 2.05) is 43.5 Å². The van der Waals surface area contributed by atoms with E-state index in [9.17, 15) is 4.79 Å². The van der Waals surface area contributed by atoms with Crippen molar-refractivity contribution in [1.82, 2.24) is 5.32 Å². The molecular formula is C15H20N2O2S. The van der Waals surface area contributed by atoms with Crippen molar-refractivity contribution in [3.8, 4) is 0 Å². The van der Waals surface area contributed by atoms with Crippen LogP contribution in [-0.2, 0) is 4.79 Å². The van der Waals surface area contributed by atoms with E-state index in [1.54, 1.807) is 11.8 Å². The van der Waals surface area contributed by atoms with E-state index in [-0.39, 0.29) is 11.9 Å². The summed E-state index contributed by atoms with van der Waals surface area (Å²) in [6, 6.07) is 9.09. The quantitative estimate of drug-likeness (QED) is 0.859. The molecule has 2 atom stereocenters. The Bertz CT molecular complexity index is 549. The first kappa shape index (κ1) is 14.9. The summed E-state index contributed by atoms with van der Waals surface area (Å²) in [6.07, 6.45) is 2.68. The maximum atomic E-state index is 12.0. The second-order valence-corrected chi connectivity index (χ2v) is 5.79. The standard InChI is InChI=1S/C15H20N2O2S/c1-10(17-15(18)12(16)7-8-20-2)14-9-11-5-3-4-6-13(11)19-14/h3-6,9-10,12H,7-8,16H2,1-2H3,(H,17,18)/t10?,12-/m1/s1. The fourth-order valence-electron chi connectivity index (χ4n) is 1.98. The molecule has 0 aliphatic carbocycles. The lowest BCUT2D eigenvalue weighted by Gasteiger charge is -2.15. The molecule has 0 aliphatic rings. The number of carbonyl (C=O) groups is 1. The topological polar surface area (TPSA) is 68.3 Å². The predicted molar refractivity (Wildman–Crippen MR) is 83.7 cm³/mol. The molecule has 0 saturated heterocycles. The number of hydrogen-bond acceptors (Lipinski definition) is 4. The van der Waals surface area contributed by atoms with Crippen molar-refractivity contribution >= 4 is 28.6 Å². The monoisotopic (exact) mass is 292 g/mol. The fourth-order valence-corrected chi connectivity index (χ4v) is 2.47. The number of furan rings is 1. The minimum Gasteiger partial charge on any atom is -0.459 e. The molecule has 0 aliphatic heterocycles. The van der Waals surface area contributed by atoms with Gasteiger partial charge in [-0.1, -0.05) is 18.2 Å². The fraction of sp³-hybridized carbons (Fsp3) is 0.400. The van der Waals surface area contributed by atoms with E-state index in [0.29, 0.717) is 6.42 Å². The number of hydrogen-bond donors (Lipinski definition) is 2. The zero-order chi connectivity index (χ0) is 14.5. The third-order valence-corrected chi connectivity index (χ3v) is 3.84. The average molecular weight is 292 g/mol. The Morgan fingerprint density at radius 1 is 1.45 bits per heavy atom. The third kappa shape index (κ3) is 3.55. The van der Waals surface area contributed by atoms with Gasteiger partial charge in [0.25, 0.3) is 0 Å². The zero-order valence-corrected chi connectivity index (χ0v) is 12.6. The van der Waals surface area contributed by atoms with Gasteiger partial charge < -0.3 is 15.5 Å². The average Bonchev–Trinajstić information content (AvgIpc) is 2.88. The molecule has 0 bridgehead atoms. The highest BCUT2D eigenvalue weighted by Crippen LogP contribution is 2.23. The van der Waals surface area contributed by atoms with Crippen LogP contribution in [0.2, 0.25) is 0 Å². The van der Waals surface area contributed by atoms with Gasteiger partial charge in [-0.2, -0.15) is 11.8 Å². The maximum Gasteiger partial charge on any atom is 0.237 e. The summed E-state index contributed by atoms with van der Waals surface area (Å²) in [5, 5.41) is 3.94. The first-order valence-electron chi connectivity index (χ1n) is 6.65. The number of para-hydroxylation sites is 1. The van der Waals surface area contributed by atoms with Gasteiger partial charge in [-0.15, -0.1) is 0 Å². The summed E-state index contributed by atoms with van der Waals surface area (Å²) >= 11 is 1.69. The molecule has 1 amide bonds. The maximum absolute atomic E-state index is 12.0. The Labute approximate surface area is 123 Å². The minimum absolute atomic E-state index is 0.132. The Balaban J connectivity index is 2.00. The van der Waals surface area contributed by atoms with Crippen LogP contribution in [0.1, 0.15) is 25.1 Å². The molecule has 1 aromatic heterocycles. The lowest BCUT2D eigenvalue weighted by atomic mass is 10.2. The summed E-state index contributed by atoms with van der Waals surface area (Å²) in [4.78, 5) is 12.0. The SMILES string of the molecule is CSCC[C@@H](N)C(=O)NC(C)c1cc2ccccc2o1. The van der Waals surface area contributed by atoms with E-state index in [4.69, 9.17) is 10.2 Å². The molecule has 4 nitrogen and oxygen atoms in total. The Morgan fingerprint density at radius 2 is 2.20 bits per heavy atom. The van der Waals surface area contributed by atoms with Crippen LogP contribution in [0.25, 0.3) is 11.0 Å². The molecule has 2 aromatic rings. The Hall–Kier alpha value is -1.46. The third-order valence-electron chi connectivity index (χ3n) is 3.20. The van der Waals surface area contributed by atoms with Crippen LogP contribution in [0.15, 0.2) is 34.7 Å². The predicted octanol–water partition coefficient (Wildman–Crippen LogP) is 2.69. The molecule has 3 N–H and O–H groups in total. The second-order valence-electron chi connectivity index (χ2n) is 4.80. The van der Waals surface area contributed by atoms with Gasteiger partial charge in [-0.25, -0.2) is 0 Å². The lowest BCUT2D eigenvalue weighted by molar-refractivity contribution is -0.123. The van der Waals surface area contributed by atoms with Crippen LogP contribution in [0.5, 0.6) is 0 Å². The van der Waals surface area contributed by atoms with Crippen LogP contribution in [0, 0.1) is 0 Å². The number of nitrogens with one attached hydrogen (secondary N) is 1. The molecule has 2 rings (SSSR count). The Morgan fingerprint density at radius 3 is 2.90 bits per heavy atom. The Kier molecular flexibility index (Phi) is 5.09. The molecule has 108 valence electrons. The lowest BCUT2D eigenvalue weighted by Crippen LogP contribution is -2.41. The second kappa shape index (κ2) is 6.81. The van der Waals surface area contributed by atoms with E-state index < -0.39 is 6.04 Å². The highest BCUT2D eigenvalue weighted by Gasteiger charge is 2.18. The number of carbonyl (C=O) groups excluding carboxylic acids is 1. The minimum atomic E-state index is -0.464. The van der Waals surface area contributed by atoms with Gasteiger partial charge in [0.05, 0.1) is 12.1 Å². The van der Waals surface area contributed by atoms with Crippen molar-refractivity contribution in [1.29, 1.82) is 0 Å². The van der Waals surface area contributed by atoms with Gasteiger partial charge in [-0.05, 0) is 37.5 Å². The van der Waals surface area contributed by atoms with E-state index in [0.717, 1.165) is 22.5 Å². The van der Waals surface area contributed by atoms with Crippen molar-refractivity contribution in [2.75, 3.05) is 12.0 Å². The van der Waals surface area contributed by atoms with Gasteiger partial charge in [0.15, 0.2) is 0 Å². The summed E-state index contributed by atoms with van der Waals surface area (Å²) < 4.78 is 5.73. The molecule has 0 spiro atoms. The highest BCUT2D eigenvalue weighted by molar-refractivity contribution is 7.98. The number of amides is 1. The molecule has 0 fully saturated rings. The van der Waals surface area contributed by atoms with Gasteiger partial charge in [0.2, 0.25) is 5.91 Å². The highest BCUT2D eigenvalue weighted by atomic mass is 32.2. The molecule has 1 unspecified atom stereocenters. The molecule has 20 heavy (non-hydrogen) atoms. The van der Waals surface area contributed by atoms with Gasteiger partial charge in [0.1, 0.15) is 11.3 Å². The van der Waals surface area contributed by atoms with Gasteiger partial charge in [0, 0.05) is 5.39 Å². The van der Waals surface area contributed by atoms with Crippen molar-refractivity contribution < 1.29 is 9.21 Å². The summed E-state index contributed by atoms with van der Waals surface area (Å²) in [5.74, 6) is 1.50.